The van der Waals surface area contributed by atoms with E-state index in [1.54, 1.807) is 0 Å². The molecular formula is C13H15NO4S. The van der Waals surface area contributed by atoms with Gasteiger partial charge in [-0.15, -0.1) is 0 Å². The first-order chi connectivity index (χ1) is 9.15. The van der Waals surface area contributed by atoms with E-state index in [9.17, 15) is 9.00 Å². The molecule has 19 heavy (non-hydrogen) atoms. The summed E-state index contributed by atoms with van der Waals surface area (Å²) in [6.45, 7) is 1.12. The molecule has 1 aliphatic heterocycles. The third kappa shape index (κ3) is 4.18. The summed E-state index contributed by atoms with van der Waals surface area (Å²) < 4.78 is 24.6. The van der Waals surface area contributed by atoms with Crippen LogP contribution in [0.1, 0.15) is 12.0 Å². The molecule has 1 atom stereocenters. The molecule has 0 spiro atoms. The van der Waals surface area contributed by atoms with Crippen molar-refractivity contribution < 1.29 is 18.3 Å². The predicted octanol–water partition coefficient (Wildman–Crippen LogP) is 2.13. The lowest BCUT2D eigenvalue weighted by Gasteiger charge is -2.14. The van der Waals surface area contributed by atoms with Gasteiger partial charge in [-0.1, -0.05) is 30.3 Å². The molecule has 0 aliphatic carbocycles. The largest absolute Gasteiger partial charge is 0.445 e. The van der Waals surface area contributed by atoms with E-state index < -0.39 is 17.2 Å². The number of amides is 1. The van der Waals surface area contributed by atoms with Gasteiger partial charge in [0.05, 0.1) is 0 Å². The van der Waals surface area contributed by atoms with Crippen LogP contribution in [0.4, 0.5) is 4.79 Å². The zero-order chi connectivity index (χ0) is 13.7. The minimum atomic E-state index is -1.96. The molecule has 102 valence electrons. The van der Waals surface area contributed by atoms with Crippen LogP contribution in [-0.2, 0) is 22.4 Å². The molecule has 0 saturated carbocycles. The van der Waals surface area contributed by atoms with Gasteiger partial charge in [0.25, 0.3) is 0 Å². The molecule has 1 heterocycles. The standard InChI is InChI=1S/C13H15NO4S/c15-13(18-9-11-4-2-1-3-5-11)14-7-6-12(8-14)10-19(16)17/h1-5,10H,6-9H2,(H,16,17). The van der Waals surface area contributed by atoms with Crippen molar-refractivity contribution in [3.8, 4) is 0 Å². The molecule has 0 radical (unpaired) electrons. The molecule has 1 unspecified atom stereocenters. The minimum absolute atomic E-state index is 0.237. The summed E-state index contributed by atoms with van der Waals surface area (Å²) in [5, 5.41) is 1.27. The fourth-order valence-corrected chi connectivity index (χ4v) is 2.36. The number of nitrogens with zero attached hydrogens (tertiary/aromatic N) is 1. The molecule has 0 aromatic heterocycles. The highest BCUT2D eigenvalue weighted by molar-refractivity contribution is 7.82. The van der Waals surface area contributed by atoms with Crippen molar-refractivity contribution >= 4 is 17.2 Å². The average Bonchev–Trinajstić information content (AvgIpc) is 2.85. The van der Waals surface area contributed by atoms with Gasteiger partial charge in [-0.05, 0) is 17.6 Å². The first kappa shape index (κ1) is 13.8. The monoisotopic (exact) mass is 281 g/mol. The molecule has 1 amide bonds. The Kier molecular flexibility index (Phi) is 4.70. The van der Waals surface area contributed by atoms with Crippen molar-refractivity contribution in [3.63, 3.8) is 0 Å². The molecule has 1 N–H and O–H groups in total. The van der Waals surface area contributed by atoms with Crippen molar-refractivity contribution in [2.75, 3.05) is 13.1 Å². The van der Waals surface area contributed by atoms with Gasteiger partial charge in [0.15, 0.2) is 11.1 Å². The lowest BCUT2D eigenvalue weighted by atomic mass is 10.2. The van der Waals surface area contributed by atoms with Crippen molar-refractivity contribution in [3.05, 3.63) is 46.9 Å². The number of ether oxygens (including phenoxy) is 1. The quantitative estimate of drug-likeness (QED) is 0.862. The number of hydrogen-bond acceptors (Lipinski definition) is 3. The molecule has 1 aliphatic rings. The lowest BCUT2D eigenvalue weighted by molar-refractivity contribution is 0.105. The van der Waals surface area contributed by atoms with Crippen molar-refractivity contribution in [1.29, 1.82) is 0 Å². The fraction of sp³-hybridized carbons (Fsp3) is 0.308. The smallest absolute Gasteiger partial charge is 0.410 e. The minimum Gasteiger partial charge on any atom is -0.445 e. The molecule has 6 heteroatoms. The Bertz CT molecular complexity index is 501. The second-order valence-corrected chi connectivity index (χ2v) is 5.05. The van der Waals surface area contributed by atoms with Crippen LogP contribution in [0.15, 0.2) is 41.3 Å². The second kappa shape index (κ2) is 6.49. The Morgan fingerprint density at radius 3 is 2.84 bits per heavy atom. The van der Waals surface area contributed by atoms with Crippen LogP contribution in [0.2, 0.25) is 0 Å². The van der Waals surface area contributed by atoms with Crippen LogP contribution in [0, 0.1) is 0 Å². The third-order valence-electron chi connectivity index (χ3n) is 2.83. The van der Waals surface area contributed by atoms with Crippen LogP contribution in [-0.4, -0.2) is 32.8 Å². The SMILES string of the molecule is O=C(OCc1ccccc1)N1CCC(=CS(=O)O)C1. The maximum Gasteiger partial charge on any atom is 0.410 e. The molecule has 1 fully saturated rings. The Hall–Kier alpha value is -1.66. The van der Waals surface area contributed by atoms with E-state index in [0.717, 1.165) is 11.1 Å². The summed E-state index contributed by atoms with van der Waals surface area (Å²) in [4.78, 5) is 13.3. The first-order valence-corrected chi connectivity index (χ1v) is 7.07. The zero-order valence-electron chi connectivity index (χ0n) is 10.3. The fourth-order valence-electron chi connectivity index (χ4n) is 1.89. The van der Waals surface area contributed by atoms with Crippen molar-refractivity contribution in [2.24, 2.45) is 0 Å². The maximum atomic E-state index is 11.8. The number of hydrogen-bond donors (Lipinski definition) is 1. The van der Waals surface area contributed by atoms with E-state index in [0.29, 0.717) is 19.5 Å². The Labute approximate surface area is 114 Å². The molecule has 1 aromatic carbocycles. The van der Waals surface area contributed by atoms with Gasteiger partial charge in [-0.3, -0.25) is 0 Å². The Morgan fingerprint density at radius 1 is 1.42 bits per heavy atom. The highest BCUT2D eigenvalue weighted by Gasteiger charge is 2.23. The van der Waals surface area contributed by atoms with Crippen molar-refractivity contribution in [2.45, 2.75) is 13.0 Å². The normalized spacial score (nSPS) is 18.6. The van der Waals surface area contributed by atoms with E-state index in [1.807, 2.05) is 30.3 Å². The van der Waals surface area contributed by atoms with Crippen LogP contribution >= 0.6 is 0 Å². The van der Waals surface area contributed by atoms with E-state index in [4.69, 9.17) is 9.29 Å². The molecule has 1 saturated heterocycles. The highest BCUT2D eigenvalue weighted by atomic mass is 32.2. The van der Waals surface area contributed by atoms with Crippen LogP contribution in [0.3, 0.4) is 0 Å². The second-order valence-electron chi connectivity index (χ2n) is 4.26. The number of rotatable bonds is 3. The summed E-state index contributed by atoms with van der Waals surface area (Å²) >= 11 is -1.96. The lowest BCUT2D eigenvalue weighted by Crippen LogP contribution is -2.28. The van der Waals surface area contributed by atoms with Gasteiger partial charge in [-0.25, -0.2) is 9.00 Å². The Morgan fingerprint density at radius 2 is 2.16 bits per heavy atom. The maximum absolute atomic E-state index is 11.8. The highest BCUT2D eigenvalue weighted by Crippen LogP contribution is 2.16. The summed E-state index contributed by atoms with van der Waals surface area (Å²) in [7, 11) is 0. The molecule has 5 nitrogen and oxygen atoms in total. The van der Waals surface area contributed by atoms with Gasteiger partial charge in [0, 0.05) is 18.5 Å². The van der Waals surface area contributed by atoms with Gasteiger partial charge in [0.1, 0.15) is 6.61 Å². The summed E-state index contributed by atoms with van der Waals surface area (Å²) in [6.07, 6.45) is 0.225. The molecule has 1 aromatic rings. The van der Waals surface area contributed by atoms with E-state index in [2.05, 4.69) is 0 Å². The van der Waals surface area contributed by atoms with Crippen molar-refractivity contribution in [1.82, 2.24) is 4.90 Å². The predicted molar refractivity (Wildman–Crippen MR) is 71.7 cm³/mol. The number of likely N-dealkylation sites (tertiary alicyclic amines) is 1. The average molecular weight is 281 g/mol. The summed E-state index contributed by atoms with van der Waals surface area (Å²) in [5.41, 5.74) is 1.72. The van der Waals surface area contributed by atoms with Gasteiger partial charge in [-0.2, -0.15) is 0 Å². The first-order valence-electron chi connectivity index (χ1n) is 5.90. The van der Waals surface area contributed by atoms with Gasteiger partial charge >= 0.3 is 6.09 Å². The van der Waals surface area contributed by atoms with E-state index in [1.165, 1.54) is 10.3 Å². The summed E-state index contributed by atoms with van der Waals surface area (Å²) in [5.74, 6) is 0. The zero-order valence-corrected chi connectivity index (χ0v) is 11.1. The van der Waals surface area contributed by atoms with Gasteiger partial charge in [0.2, 0.25) is 0 Å². The third-order valence-corrected chi connectivity index (χ3v) is 3.36. The number of benzene rings is 1. The van der Waals surface area contributed by atoms with Gasteiger partial charge < -0.3 is 14.2 Å². The number of carbonyl (C=O) groups is 1. The topological polar surface area (TPSA) is 66.8 Å². The Balaban J connectivity index is 1.83. The van der Waals surface area contributed by atoms with Crippen LogP contribution in [0.5, 0.6) is 0 Å². The summed E-state index contributed by atoms with van der Waals surface area (Å²) in [6, 6.07) is 9.44. The molecule has 2 rings (SSSR count). The van der Waals surface area contributed by atoms with E-state index >= 15 is 0 Å². The van der Waals surface area contributed by atoms with Crippen LogP contribution < -0.4 is 0 Å². The number of carbonyl (C=O) groups excluding carboxylic acids is 1. The van der Waals surface area contributed by atoms with Crippen LogP contribution in [0.25, 0.3) is 0 Å². The molecular weight excluding hydrogens is 266 g/mol. The van der Waals surface area contributed by atoms with E-state index in [-0.39, 0.29) is 6.61 Å². The molecule has 0 bridgehead atoms.